The first-order chi connectivity index (χ1) is 8.84. The van der Waals surface area contributed by atoms with E-state index in [0.29, 0.717) is 6.42 Å². The smallest absolute Gasteiger partial charge is 0.419 e. The van der Waals surface area contributed by atoms with Crippen molar-refractivity contribution in [1.82, 2.24) is 5.32 Å². The molecule has 2 nitrogen and oxygen atoms in total. The van der Waals surface area contributed by atoms with Gasteiger partial charge in [0.05, 0.1) is 11.7 Å². The third-order valence-corrected chi connectivity index (χ3v) is 2.76. The molecule has 0 fully saturated rings. The molecule has 1 aromatic rings. The van der Waals surface area contributed by atoms with Crippen LogP contribution in [0, 0.1) is 0 Å². The van der Waals surface area contributed by atoms with Gasteiger partial charge in [0.1, 0.15) is 5.75 Å². The molecule has 1 N–H and O–H groups in total. The molecule has 0 heterocycles. The number of rotatable bonds is 6. The summed E-state index contributed by atoms with van der Waals surface area (Å²) in [7, 11) is 0. The molecule has 108 valence electrons. The highest BCUT2D eigenvalue weighted by Gasteiger charge is 2.34. The Morgan fingerprint density at radius 1 is 1.21 bits per heavy atom. The van der Waals surface area contributed by atoms with Gasteiger partial charge in [-0.1, -0.05) is 19.1 Å². The van der Waals surface area contributed by atoms with Crippen LogP contribution in [-0.2, 0) is 6.18 Å². The Morgan fingerprint density at radius 3 is 2.42 bits per heavy atom. The Bertz CT molecular complexity index is 393. The normalized spacial score (nSPS) is 15.1. The number of ether oxygens (including phenoxy) is 1. The summed E-state index contributed by atoms with van der Waals surface area (Å²) in [6, 6.07) is 5.51. The minimum absolute atomic E-state index is 0.105. The van der Waals surface area contributed by atoms with Gasteiger partial charge in [-0.2, -0.15) is 13.2 Å². The molecule has 0 aliphatic rings. The van der Waals surface area contributed by atoms with E-state index < -0.39 is 11.7 Å². The molecule has 2 unspecified atom stereocenters. The maximum atomic E-state index is 12.8. The van der Waals surface area contributed by atoms with Gasteiger partial charge in [-0.05, 0) is 38.9 Å². The van der Waals surface area contributed by atoms with Crippen molar-refractivity contribution >= 4 is 0 Å². The molecule has 5 heteroatoms. The molecule has 0 aliphatic carbocycles. The van der Waals surface area contributed by atoms with Gasteiger partial charge in [0.25, 0.3) is 0 Å². The second-order valence-electron chi connectivity index (χ2n) is 4.62. The highest BCUT2D eigenvalue weighted by molar-refractivity contribution is 5.35. The van der Waals surface area contributed by atoms with E-state index in [-0.39, 0.29) is 17.9 Å². The largest absolute Gasteiger partial charge is 0.490 e. The van der Waals surface area contributed by atoms with Gasteiger partial charge in [-0.15, -0.1) is 0 Å². The van der Waals surface area contributed by atoms with E-state index in [2.05, 4.69) is 5.32 Å². The number of para-hydroxylation sites is 1. The number of nitrogens with one attached hydrogen (secondary N) is 1. The first-order valence-electron chi connectivity index (χ1n) is 6.40. The summed E-state index contributed by atoms with van der Waals surface area (Å²) in [6.07, 6.45) is -4.01. The monoisotopic (exact) mass is 275 g/mol. The standard InChI is InChI=1S/C14H20F3NO/c1-4-18-10(2)9-11(3)19-13-8-6-5-7-12(13)14(15,16)17/h5-8,10-11,18H,4,9H2,1-3H3. The summed E-state index contributed by atoms with van der Waals surface area (Å²) in [5.74, 6) is -0.105. The van der Waals surface area contributed by atoms with Crippen molar-refractivity contribution in [2.24, 2.45) is 0 Å². The van der Waals surface area contributed by atoms with Crippen LogP contribution in [0.3, 0.4) is 0 Å². The fourth-order valence-electron chi connectivity index (χ4n) is 2.00. The van der Waals surface area contributed by atoms with Crippen LogP contribution in [0.1, 0.15) is 32.8 Å². The zero-order valence-corrected chi connectivity index (χ0v) is 11.4. The quantitative estimate of drug-likeness (QED) is 0.851. The molecule has 0 amide bonds. The van der Waals surface area contributed by atoms with Gasteiger partial charge in [0.15, 0.2) is 0 Å². The molecular formula is C14H20F3NO. The molecule has 0 saturated carbocycles. The fraction of sp³-hybridized carbons (Fsp3) is 0.571. The number of hydrogen-bond acceptors (Lipinski definition) is 2. The van der Waals surface area contributed by atoms with E-state index in [4.69, 9.17) is 4.74 Å². The first-order valence-corrected chi connectivity index (χ1v) is 6.40. The summed E-state index contributed by atoms with van der Waals surface area (Å²) in [4.78, 5) is 0. The predicted molar refractivity (Wildman–Crippen MR) is 69.3 cm³/mol. The lowest BCUT2D eigenvalue weighted by Gasteiger charge is -2.21. The van der Waals surface area contributed by atoms with Crippen molar-refractivity contribution in [2.75, 3.05) is 6.54 Å². The Balaban J connectivity index is 2.72. The summed E-state index contributed by atoms with van der Waals surface area (Å²) < 4.78 is 43.8. The molecule has 0 aromatic heterocycles. The van der Waals surface area contributed by atoms with Crippen LogP contribution in [0.4, 0.5) is 13.2 Å². The average molecular weight is 275 g/mol. The van der Waals surface area contributed by atoms with Crippen LogP contribution in [0.2, 0.25) is 0 Å². The molecule has 0 aliphatic heterocycles. The van der Waals surface area contributed by atoms with E-state index in [0.717, 1.165) is 12.6 Å². The first kappa shape index (κ1) is 15.8. The van der Waals surface area contributed by atoms with E-state index in [9.17, 15) is 13.2 Å². The lowest BCUT2D eigenvalue weighted by Crippen LogP contribution is -2.31. The third-order valence-electron chi connectivity index (χ3n) is 2.76. The number of hydrogen-bond donors (Lipinski definition) is 1. The summed E-state index contributed by atoms with van der Waals surface area (Å²) >= 11 is 0. The summed E-state index contributed by atoms with van der Waals surface area (Å²) in [5.41, 5.74) is -0.724. The highest BCUT2D eigenvalue weighted by Crippen LogP contribution is 2.36. The van der Waals surface area contributed by atoms with Crippen molar-refractivity contribution in [3.05, 3.63) is 29.8 Å². The highest BCUT2D eigenvalue weighted by atomic mass is 19.4. The van der Waals surface area contributed by atoms with Crippen LogP contribution in [-0.4, -0.2) is 18.7 Å². The van der Waals surface area contributed by atoms with Crippen LogP contribution >= 0.6 is 0 Å². The predicted octanol–water partition coefficient (Wildman–Crippen LogP) is 3.86. The van der Waals surface area contributed by atoms with Crippen molar-refractivity contribution in [2.45, 2.75) is 45.5 Å². The number of alkyl halides is 3. The Labute approximate surface area is 112 Å². The zero-order valence-electron chi connectivity index (χ0n) is 11.4. The molecule has 0 saturated heterocycles. The summed E-state index contributed by atoms with van der Waals surface area (Å²) in [5, 5.41) is 3.20. The minimum atomic E-state index is -4.39. The van der Waals surface area contributed by atoms with E-state index >= 15 is 0 Å². The maximum absolute atomic E-state index is 12.8. The van der Waals surface area contributed by atoms with Gasteiger partial charge in [-0.3, -0.25) is 0 Å². The molecule has 2 atom stereocenters. The van der Waals surface area contributed by atoms with Crippen LogP contribution in [0.25, 0.3) is 0 Å². The molecular weight excluding hydrogens is 255 g/mol. The van der Waals surface area contributed by atoms with Crippen molar-refractivity contribution in [1.29, 1.82) is 0 Å². The second kappa shape index (κ2) is 6.80. The van der Waals surface area contributed by atoms with Crippen molar-refractivity contribution in [3.8, 4) is 5.75 Å². The molecule has 19 heavy (non-hydrogen) atoms. The second-order valence-corrected chi connectivity index (χ2v) is 4.62. The molecule has 1 aromatic carbocycles. The van der Waals surface area contributed by atoms with E-state index in [1.807, 2.05) is 13.8 Å². The van der Waals surface area contributed by atoms with Gasteiger partial charge in [0, 0.05) is 6.04 Å². The zero-order chi connectivity index (χ0) is 14.5. The summed E-state index contributed by atoms with van der Waals surface area (Å²) in [6.45, 7) is 6.58. The third kappa shape index (κ3) is 5.11. The van der Waals surface area contributed by atoms with Crippen LogP contribution < -0.4 is 10.1 Å². The SMILES string of the molecule is CCNC(C)CC(C)Oc1ccccc1C(F)(F)F. The Morgan fingerprint density at radius 2 is 1.84 bits per heavy atom. The van der Waals surface area contributed by atoms with Crippen LogP contribution in [0.15, 0.2) is 24.3 Å². The fourth-order valence-corrected chi connectivity index (χ4v) is 2.00. The van der Waals surface area contributed by atoms with Crippen molar-refractivity contribution in [3.63, 3.8) is 0 Å². The molecule has 0 bridgehead atoms. The molecule has 0 spiro atoms. The van der Waals surface area contributed by atoms with Gasteiger partial charge in [0.2, 0.25) is 0 Å². The topological polar surface area (TPSA) is 21.3 Å². The van der Waals surface area contributed by atoms with Crippen molar-refractivity contribution < 1.29 is 17.9 Å². The Hall–Kier alpha value is -1.23. The van der Waals surface area contributed by atoms with Gasteiger partial charge < -0.3 is 10.1 Å². The van der Waals surface area contributed by atoms with Gasteiger partial charge >= 0.3 is 6.18 Å². The van der Waals surface area contributed by atoms with E-state index in [1.54, 1.807) is 13.0 Å². The van der Waals surface area contributed by atoms with Crippen LogP contribution in [0.5, 0.6) is 5.75 Å². The van der Waals surface area contributed by atoms with E-state index in [1.165, 1.54) is 12.1 Å². The Kier molecular flexibility index (Phi) is 5.66. The average Bonchev–Trinajstić information content (AvgIpc) is 2.28. The maximum Gasteiger partial charge on any atom is 0.419 e. The lowest BCUT2D eigenvalue weighted by atomic mass is 10.1. The minimum Gasteiger partial charge on any atom is -0.490 e. The lowest BCUT2D eigenvalue weighted by molar-refractivity contribution is -0.139. The molecule has 1 rings (SSSR count). The van der Waals surface area contributed by atoms with Gasteiger partial charge in [-0.25, -0.2) is 0 Å². The molecule has 0 radical (unpaired) electrons. The number of benzene rings is 1. The number of halogens is 3.